The van der Waals surface area contributed by atoms with Crippen molar-refractivity contribution in [2.45, 2.75) is 19.3 Å². The third-order valence-electron chi connectivity index (χ3n) is 13.1. The molecule has 0 atom stereocenters. The molecule has 12 rings (SSSR count). The number of rotatable bonds is 6. The van der Waals surface area contributed by atoms with Gasteiger partial charge in [-0.15, -0.1) is 0 Å². The summed E-state index contributed by atoms with van der Waals surface area (Å²) in [7, 11) is 0. The lowest BCUT2D eigenvalue weighted by Gasteiger charge is -2.28. The number of hydrogen-bond donors (Lipinski definition) is 0. The summed E-state index contributed by atoms with van der Waals surface area (Å²) in [6.07, 6.45) is 0. The lowest BCUT2D eigenvalue weighted by molar-refractivity contribution is 0.660. The van der Waals surface area contributed by atoms with E-state index in [-0.39, 0.29) is 5.41 Å². The van der Waals surface area contributed by atoms with Crippen molar-refractivity contribution in [2.24, 2.45) is 0 Å². The van der Waals surface area contributed by atoms with E-state index in [4.69, 9.17) is 4.42 Å². The molecule has 0 fully saturated rings. The Kier molecular flexibility index (Phi) is 7.92. The summed E-state index contributed by atoms with van der Waals surface area (Å²) in [6.45, 7) is 4.71. The minimum absolute atomic E-state index is 0.160. The summed E-state index contributed by atoms with van der Waals surface area (Å²) in [5, 5.41) is 6.98. The van der Waals surface area contributed by atoms with Crippen molar-refractivity contribution in [3.63, 3.8) is 0 Å². The average Bonchev–Trinajstić information content (AvgIpc) is 3.84. The highest BCUT2D eigenvalue weighted by Crippen LogP contribution is 2.53. The van der Waals surface area contributed by atoms with Gasteiger partial charge in [0.2, 0.25) is 0 Å². The Bertz CT molecular complexity index is 3470. The van der Waals surface area contributed by atoms with Crippen LogP contribution in [-0.2, 0) is 5.41 Å². The molecule has 10 aromatic carbocycles. The zero-order valence-electron chi connectivity index (χ0n) is 34.1. The van der Waals surface area contributed by atoms with Gasteiger partial charge in [0.25, 0.3) is 0 Å². The lowest BCUT2D eigenvalue weighted by atomic mass is 9.82. The van der Waals surface area contributed by atoms with Gasteiger partial charge in [-0.1, -0.05) is 196 Å². The minimum atomic E-state index is -0.160. The Balaban J connectivity index is 1.11. The highest BCUT2D eigenvalue weighted by molar-refractivity contribution is 6.33. The highest BCUT2D eigenvalue weighted by Gasteiger charge is 2.36. The molecule has 2 heteroatoms. The molecule has 0 N–H and O–H groups in total. The summed E-state index contributed by atoms with van der Waals surface area (Å²) >= 11 is 0. The fourth-order valence-electron chi connectivity index (χ4n) is 10.1. The Hall–Kier alpha value is -7.68. The molecule has 0 unspecified atom stereocenters. The van der Waals surface area contributed by atoms with Crippen LogP contribution in [0.5, 0.6) is 0 Å². The number of hydrogen-bond acceptors (Lipinski definition) is 2. The van der Waals surface area contributed by atoms with Crippen molar-refractivity contribution in [2.75, 3.05) is 4.90 Å². The molecule has 1 aromatic heterocycles. The standard InChI is InChI=1S/C59H41NO/c1-59(2)52-24-14-13-21-48(52)49-34-33-44(37-53(49)59)60(43-31-29-41(30-32-43)40-27-25-39(26-28-40)38-15-5-3-6-16-38)54-36-35-45(42-17-7-4-8-18-42)55-56-50-22-11-9-19-46(50)47-20-10-12-23-51(47)57(56)61-58(54)55/h3-37H,1-2H3. The van der Waals surface area contributed by atoms with E-state index in [0.29, 0.717) is 0 Å². The van der Waals surface area contributed by atoms with Crippen LogP contribution in [0, 0.1) is 0 Å². The Morgan fingerprint density at radius 1 is 0.344 bits per heavy atom. The smallest absolute Gasteiger partial charge is 0.160 e. The molecule has 1 aliphatic rings. The topological polar surface area (TPSA) is 16.4 Å². The van der Waals surface area contributed by atoms with Crippen molar-refractivity contribution in [3.8, 4) is 44.5 Å². The number of nitrogens with zero attached hydrogens (tertiary/aromatic N) is 1. The van der Waals surface area contributed by atoms with Crippen molar-refractivity contribution < 1.29 is 4.42 Å². The molecule has 0 aliphatic heterocycles. The van der Waals surface area contributed by atoms with E-state index in [1.165, 1.54) is 60.7 Å². The molecule has 0 saturated carbocycles. The summed E-state index contributed by atoms with van der Waals surface area (Å²) < 4.78 is 7.37. The molecule has 288 valence electrons. The molecular formula is C59H41NO. The fourth-order valence-corrected chi connectivity index (χ4v) is 10.1. The molecule has 61 heavy (non-hydrogen) atoms. The van der Waals surface area contributed by atoms with Gasteiger partial charge in [0.05, 0.1) is 5.69 Å². The molecule has 1 aliphatic carbocycles. The van der Waals surface area contributed by atoms with Crippen LogP contribution < -0.4 is 4.90 Å². The van der Waals surface area contributed by atoms with Gasteiger partial charge in [0.15, 0.2) is 5.58 Å². The van der Waals surface area contributed by atoms with Crippen LogP contribution >= 0.6 is 0 Å². The van der Waals surface area contributed by atoms with Crippen LogP contribution in [-0.4, -0.2) is 0 Å². The Morgan fingerprint density at radius 2 is 0.836 bits per heavy atom. The van der Waals surface area contributed by atoms with Crippen LogP contribution in [0.15, 0.2) is 217 Å². The van der Waals surface area contributed by atoms with E-state index in [2.05, 4.69) is 231 Å². The first-order valence-electron chi connectivity index (χ1n) is 21.2. The molecule has 0 saturated heterocycles. The van der Waals surface area contributed by atoms with Crippen molar-refractivity contribution >= 4 is 60.5 Å². The first kappa shape index (κ1) is 35.3. The predicted octanol–water partition coefficient (Wildman–Crippen LogP) is 16.7. The highest BCUT2D eigenvalue weighted by atomic mass is 16.3. The van der Waals surface area contributed by atoms with Gasteiger partial charge in [0, 0.05) is 32.9 Å². The largest absolute Gasteiger partial charge is 0.453 e. The molecule has 2 nitrogen and oxygen atoms in total. The van der Waals surface area contributed by atoms with E-state index in [1.54, 1.807) is 0 Å². The lowest BCUT2D eigenvalue weighted by Crippen LogP contribution is -2.16. The molecule has 1 heterocycles. The molecule has 0 amide bonds. The molecule has 0 bridgehead atoms. The number of fused-ring (bicyclic) bond motifs is 11. The monoisotopic (exact) mass is 779 g/mol. The minimum Gasteiger partial charge on any atom is -0.453 e. The molecule has 11 aromatic rings. The van der Waals surface area contributed by atoms with Crippen molar-refractivity contribution in [1.29, 1.82) is 0 Å². The third-order valence-corrected chi connectivity index (χ3v) is 13.1. The quantitative estimate of drug-likeness (QED) is 0.156. The fraction of sp³-hybridized carbons (Fsp3) is 0.0508. The molecule has 0 spiro atoms. The maximum atomic E-state index is 7.37. The van der Waals surface area contributed by atoms with Crippen LogP contribution in [0.1, 0.15) is 25.0 Å². The predicted molar refractivity (Wildman–Crippen MR) is 257 cm³/mol. The van der Waals surface area contributed by atoms with Crippen LogP contribution in [0.4, 0.5) is 17.1 Å². The van der Waals surface area contributed by atoms with Gasteiger partial charge in [-0.05, 0) is 102 Å². The summed E-state index contributed by atoms with van der Waals surface area (Å²) in [6, 6.07) is 77.1. The summed E-state index contributed by atoms with van der Waals surface area (Å²) in [5.74, 6) is 0. The Labute approximate surface area is 355 Å². The average molecular weight is 780 g/mol. The van der Waals surface area contributed by atoms with Crippen LogP contribution in [0.2, 0.25) is 0 Å². The van der Waals surface area contributed by atoms with Gasteiger partial charge in [-0.25, -0.2) is 0 Å². The Morgan fingerprint density at radius 3 is 1.52 bits per heavy atom. The van der Waals surface area contributed by atoms with Gasteiger partial charge in [0.1, 0.15) is 5.58 Å². The van der Waals surface area contributed by atoms with Crippen LogP contribution in [0.3, 0.4) is 0 Å². The van der Waals surface area contributed by atoms with Gasteiger partial charge in [-0.3, -0.25) is 0 Å². The van der Waals surface area contributed by atoms with E-state index >= 15 is 0 Å². The zero-order valence-corrected chi connectivity index (χ0v) is 34.1. The van der Waals surface area contributed by atoms with Crippen molar-refractivity contribution in [3.05, 3.63) is 223 Å². The van der Waals surface area contributed by atoms with E-state index in [0.717, 1.165) is 55.5 Å². The molecular weight excluding hydrogens is 739 g/mol. The third kappa shape index (κ3) is 5.49. The summed E-state index contributed by atoms with van der Waals surface area (Å²) in [5.41, 5.74) is 17.1. The normalized spacial score (nSPS) is 12.9. The van der Waals surface area contributed by atoms with Crippen LogP contribution in [0.25, 0.3) is 88.0 Å². The second-order valence-electron chi connectivity index (χ2n) is 16.8. The summed E-state index contributed by atoms with van der Waals surface area (Å²) in [4.78, 5) is 2.41. The van der Waals surface area contributed by atoms with E-state index < -0.39 is 0 Å². The van der Waals surface area contributed by atoms with Crippen molar-refractivity contribution in [1.82, 2.24) is 0 Å². The van der Waals surface area contributed by atoms with Gasteiger partial charge < -0.3 is 9.32 Å². The second kappa shape index (κ2) is 13.7. The maximum Gasteiger partial charge on any atom is 0.160 e. The first-order chi connectivity index (χ1) is 30.0. The zero-order chi connectivity index (χ0) is 40.7. The SMILES string of the molecule is CC1(C)c2ccccc2-c2ccc(N(c3ccc(-c4ccc(-c5ccccc5)cc4)cc3)c3ccc(-c4ccccc4)c4c3oc3c5ccccc5c5ccccc5c34)cc21. The number of benzene rings is 10. The van der Waals surface area contributed by atoms with Gasteiger partial charge in [-0.2, -0.15) is 0 Å². The molecule has 0 radical (unpaired) electrons. The number of furan rings is 1. The second-order valence-corrected chi connectivity index (χ2v) is 16.8. The van der Waals surface area contributed by atoms with E-state index in [9.17, 15) is 0 Å². The maximum absolute atomic E-state index is 7.37. The first-order valence-corrected chi connectivity index (χ1v) is 21.2. The van der Waals surface area contributed by atoms with Gasteiger partial charge >= 0.3 is 0 Å². The van der Waals surface area contributed by atoms with E-state index in [1.807, 2.05) is 0 Å². The number of anilines is 3.